The van der Waals surface area contributed by atoms with Gasteiger partial charge in [-0.05, 0) is 19.1 Å². The number of hydrogen-bond acceptors (Lipinski definition) is 2. The lowest BCUT2D eigenvalue weighted by Crippen LogP contribution is -1.99. The Morgan fingerprint density at radius 3 is 2.62 bits per heavy atom. The van der Waals surface area contributed by atoms with E-state index in [0.29, 0.717) is 5.76 Å². The minimum Gasteiger partial charge on any atom is -0.849 e. The fraction of sp³-hybridized carbons (Fsp3) is 0.333. The van der Waals surface area contributed by atoms with Crippen LogP contribution in [0, 0.1) is 6.92 Å². The Balaban J connectivity index is 2.84. The fourth-order valence-corrected chi connectivity index (χ4v) is 0.563. The first-order chi connectivity index (χ1) is 3.83. The van der Waals surface area contributed by atoms with Crippen molar-refractivity contribution in [1.82, 2.24) is 0 Å². The molecule has 0 aliphatic heterocycles. The van der Waals surface area contributed by atoms with Crippen LogP contribution < -0.4 is 5.11 Å². The summed E-state index contributed by atoms with van der Waals surface area (Å²) in [4.78, 5) is 0. The third kappa shape index (κ3) is 0.898. The van der Waals surface area contributed by atoms with Crippen molar-refractivity contribution in [2.24, 2.45) is 0 Å². The van der Waals surface area contributed by atoms with Crippen LogP contribution >= 0.6 is 0 Å². The first kappa shape index (κ1) is 5.38. The van der Waals surface area contributed by atoms with Crippen molar-refractivity contribution < 1.29 is 9.52 Å². The quantitative estimate of drug-likeness (QED) is 0.527. The van der Waals surface area contributed by atoms with E-state index >= 15 is 0 Å². The second-order valence-electron chi connectivity index (χ2n) is 1.66. The Morgan fingerprint density at radius 1 is 1.62 bits per heavy atom. The van der Waals surface area contributed by atoms with Gasteiger partial charge in [-0.3, -0.25) is 0 Å². The van der Waals surface area contributed by atoms with Gasteiger partial charge in [-0.1, -0.05) is 6.61 Å². The van der Waals surface area contributed by atoms with E-state index in [0.717, 1.165) is 5.76 Å². The molecule has 1 aromatic heterocycles. The van der Waals surface area contributed by atoms with Crippen LogP contribution in [0.3, 0.4) is 0 Å². The average Bonchev–Trinajstić information content (AvgIpc) is 2.14. The minimum atomic E-state index is -0.256. The molecule has 2 heteroatoms. The van der Waals surface area contributed by atoms with E-state index in [2.05, 4.69) is 0 Å². The van der Waals surface area contributed by atoms with Gasteiger partial charge in [0, 0.05) is 0 Å². The molecule has 0 saturated carbocycles. The van der Waals surface area contributed by atoms with Crippen LogP contribution in [-0.2, 0) is 6.61 Å². The van der Waals surface area contributed by atoms with Gasteiger partial charge in [-0.15, -0.1) is 0 Å². The summed E-state index contributed by atoms with van der Waals surface area (Å²) in [5.74, 6) is 1.32. The third-order valence-corrected chi connectivity index (χ3v) is 0.938. The van der Waals surface area contributed by atoms with E-state index in [4.69, 9.17) is 4.42 Å². The zero-order valence-electron chi connectivity index (χ0n) is 4.68. The summed E-state index contributed by atoms with van der Waals surface area (Å²) in [6.07, 6.45) is 0. The number of aryl methyl sites for hydroxylation is 1. The van der Waals surface area contributed by atoms with E-state index < -0.39 is 0 Å². The Bertz CT molecular complexity index is 167. The van der Waals surface area contributed by atoms with Crippen LogP contribution in [0.15, 0.2) is 16.5 Å². The van der Waals surface area contributed by atoms with Gasteiger partial charge < -0.3 is 9.52 Å². The highest BCUT2D eigenvalue weighted by Gasteiger charge is 1.87. The molecule has 0 aromatic carbocycles. The molecule has 1 heterocycles. The molecule has 0 bridgehead atoms. The van der Waals surface area contributed by atoms with Gasteiger partial charge in [0.15, 0.2) is 0 Å². The van der Waals surface area contributed by atoms with Gasteiger partial charge in [-0.25, -0.2) is 0 Å². The lowest BCUT2D eigenvalue weighted by molar-refractivity contribution is -0.390. The standard InChI is InChI=1S/C6H7O2/c1-5-2-3-6(4-7)8-5/h2-3H,4H2,1H3/q-1. The number of furan rings is 1. The summed E-state index contributed by atoms with van der Waals surface area (Å²) in [5, 5.41) is 10.1. The molecule has 0 radical (unpaired) electrons. The van der Waals surface area contributed by atoms with Crippen LogP contribution in [0.1, 0.15) is 11.5 Å². The highest BCUT2D eigenvalue weighted by atomic mass is 16.4. The molecule has 0 atom stereocenters. The first-order valence-electron chi connectivity index (χ1n) is 2.46. The molecule has 0 spiro atoms. The van der Waals surface area contributed by atoms with E-state index in [1.165, 1.54) is 0 Å². The lowest BCUT2D eigenvalue weighted by Gasteiger charge is -1.94. The van der Waals surface area contributed by atoms with Crippen molar-refractivity contribution in [3.63, 3.8) is 0 Å². The molecule has 8 heavy (non-hydrogen) atoms. The zero-order chi connectivity index (χ0) is 5.98. The molecule has 2 nitrogen and oxygen atoms in total. The highest BCUT2D eigenvalue weighted by molar-refractivity contribution is 5.03. The van der Waals surface area contributed by atoms with Crippen LogP contribution in [-0.4, -0.2) is 0 Å². The van der Waals surface area contributed by atoms with Gasteiger partial charge in [-0.2, -0.15) is 0 Å². The second-order valence-corrected chi connectivity index (χ2v) is 1.66. The van der Waals surface area contributed by atoms with Gasteiger partial charge in [0.1, 0.15) is 5.76 Å². The maximum absolute atomic E-state index is 10.1. The van der Waals surface area contributed by atoms with Gasteiger partial charge in [0.05, 0.1) is 5.76 Å². The smallest absolute Gasteiger partial charge is 0.101 e. The highest BCUT2D eigenvalue weighted by Crippen LogP contribution is 2.03. The van der Waals surface area contributed by atoms with Crippen LogP contribution in [0.25, 0.3) is 0 Å². The van der Waals surface area contributed by atoms with Crippen molar-refractivity contribution in [3.05, 3.63) is 23.7 Å². The van der Waals surface area contributed by atoms with E-state index in [-0.39, 0.29) is 6.61 Å². The molecule has 0 saturated heterocycles. The summed E-state index contributed by atoms with van der Waals surface area (Å²) >= 11 is 0. The fourth-order valence-electron chi connectivity index (χ4n) is 0.563. The van der Waals surface area contributed by atoms with Crippen molar-refractivity contribution in [3.8, 4) is 0 Å². The summed E-state index contributed by atoms with van der Waals surface area (Å²) < 4.78 is 4.92. The van der Waals surface area contributed by atoms with Gasteiger partial charge >= 0.3 is 0 Å². The Labute approximate surface area is 47.7 Å². The lowest BCUT2D eigenvalue weighted by atomic mass is 10.4. The molecule has 1 rings (SSSR count). The molecule has 0 amide bonds. The van der Waals surface area contributed by atoms with Gasteiger partial charge in [0.2, 0.25) is 0 Å². The molecule has 0 fully saturated rings. The normalized spacial score (nSPS) is 9.75. The van der Waals surface area contributed by atoms with Gasteiger partial charge in [0.25, 0.3) is 0 Å². The Morgan fingerprint density at radius 2 is 2.38 bits per heavy atom. The topological polar surface area (TPSA) is 36.2 Å². The predicted octanol–water partition coefficient (Wildman–Crippen LogP) is 0.448. The first-order valence-corrected chi connectivity index (χ1v) is 2.46. The Kier molecular flexibility index (Phi) is 1.35. The monoisotopic (exact) mass is 111 g/mol. The summed E-state index contributed by atoms with van der Waals surface area (Å²) in [6, 6.07) is 3.48. The van der Waals surface area contributed by atoms with Crippen LogP contribution in [0.4, 0.5) is 0 Å². The molecular weight excluding hydrogens is 104 g/mol. The van der Waals surface area contributed by atoms with Crippen molar-refractivity contribution in [2.75, 3.05) is 0 Å². The minimum absolute atomic E-state index is 0.256. The van der Waals surface area contributed by atoms with Crippen molar-refractivity contribution >= 4 is 0 Å². The zero-order valence-corrected chi connectivity index (χ0v) is 4.68. The molecule has 0 N–H and O–H groups in total. The maximum Gasteiger partial charge on any atom is 0.101 e. The average molecular weight is 111 g/mol. The van der Waals surface area contributed by atoms with Crippen LogP contribution in [0.5, 0.6) is 0 Å². The van der Waals surface area contributed by atoms with Crippen molar-refractivity contribution in [1.29, 1.82) is 0 Å². The van der Waals surface area contributed by atoms with Crippen molar-refractivity contribution in [2.45, 2.75) is 13.5 Å². The predicted molar refractivity (Wildman–Crippen MR) is 27.1 cm³/mol. The van der Waals surface area contributed by atoms with E-state index in [1.807, 2.05) is 6.92 Å². The van der Waals surface area contributed by atoms with E-state index in [1.54, 1.807) is 12.1 Å². The molecule has 0 unspecified atom stereocenters. The molecule has 1 aromatic rings. The molecule has 0 aliphatic rings. The summed E-state index contributed by atoms with van der Waals surface area (Å²) in [7, 11) is 0. The SMILES string of the molecule is Cc1ccc(C[O-])o1. The molecule has 0 aliphatic carbocycles. The molecule has 44 valence electrons. The van der Waals surface area contributed by atoms with Crippen LogP contribution in [0.2, 0.25) is 0 Å². The third-order valence-electron chi connectivity index (χ3n) is 0.938. The maximum atomic E-state index is 10.1. The summed E-state index contributed by atoms with van der Waals surface area (Å²) in [5.41, 5.74) is 0. The molecular formula is C6H7O2-. The second kappa shape index (κ2) is 2.01. The van der Waals surface area contributed by atoms with E-state index in [9.17, 15) is 5.11 Å². The number of rotatable bonds is 1. The number of hydrogen-bond donors (Lipinski definition) is 0. The summed E-state index contributed by atoms with van der Waals surface area (Å²) in [6.45, 7) is 1.56. The Hall–Kier alpha value is -0.760. The largest absolute Gasteiger partial charge is 0.849 e.